The Labute approximate surface area is 156 Å². The fraction of sp³-hybridized carbons (Fsp3) is 0.222. The van der Waals surface area contributed by atoms with Crippen LogP contribution < -0.4 is 0 Å². The van der Waals surface area contributed by atoms with Crippen LogP contribution in [0.2, 0.25) is 5.02 Å². The first-order chi connectivity index (χ1) is 11.4. The predicted octanol–water partition coefficient (Wildman–Crippen LogP) is 4.97. The highest BCUT2D eigenvalue weighted by atomic mass is 35.5. The lowest BCUT2D eigenvalue weighted by Gasteiger charge is -2.10. The van der Waals surface area contributed by atoms with Crippen LogP contribution in [0.5, 0.6) is 0 Å². The topological polar surface area (TPSA) is 25.2 Å². The summed E-state index contributed by atoms with van der Waals surface area (Å²) in [4.78, 5) is 14.7. The van der Waals surface area contributed by atoms with Gasteiger partial charge in [0, 0.05) is 28.6 Å². The van der Waals surface area contributed by atoms with E-state index in [1.54, 1.807) is 4.90 Å². The molecule has 2 heterocycles. The molecule has 1 aromatic heterocycles. The number of thiocarbonyl (C=S) groups is 1. The number of carbonyl (C=O) groups excluding carboxylic acids is 1. The van der Waals surface area contributed by atoms with Crippen molar-refractivity contribution in [3.05, 3.63) is 57.2 Å². The van der Waals surface area contributed by atoms with Gasteiger partial charge < -0.3 is 4.57 Å². The largest absolute Gasteiger partial charge is 0.318 e. The zero-order valence-electron chi connectivity index (χ0n) is 13.7. The van der Waals surface area contributed by atoms with Crippen LogP contribution in [-0.2, 0) is 4.79 Å². The number of likely N-dealkylation sites (N-methyl/N-ethyl adjacent to an activating group) is 1. The Hall–Kier alpha value is -1.56. The average Bonchev–Trinajstić information content (AvgIpc) is 2.97. The maximum atomic E-state index is 12.4. The molecular formula is C18H17ClN2OS2. The van der Waals surface area contributed by atoms with E-state index >= 15 is 0 Å². The molecule has 0 aliphatic carbocycles. The van der Waals surface area contributed by atoms with Crippen molar-refractivity contribution in [2.24, 2.45) is 0 Å². The number of nitrogens with zero attached hydrogens (tertiary/aromatic N) is 2. The SMILES string of the molecule is CCN1C(=O)C(=Cc2cc(C)n(-c3ccc(Cl)cc3)c2C)SC1=S. The van der Waals surface area contributed by atoms with Crippen molar-refractivity contribution in [3.8, 4) is 5.69 Å². The van der Waals surface area contributed by atoms with Gasteiger partial charge in [-0.1, -0.05) is 35.6 Å². The van der Waals surface area contributed by atoms with E-state index in [0.717, 1.165) is 22.6 Å². The van der Waals surface area contributed by atoms with Crippen LogP contribution in [0, 0.1) is 13.8 Å². The van der Waals surface area contributed by atoms with Crippen molar-refractivity contribution in [2.45, 2.75) is 20.8 Å². The van der Waals surface area contributed by atoms with Crippen LogP contribution in [0.15, 0.2) is 35.2 Å². The molecule has 1 aromatic carbocycles. The van der Waals surface area contributed by atoms with Gasteiger partial charge in [0.15, 0.2) is 0 Å². The molecule has 6 heteroatoms. The lowest BCUT2D eigenvalue weighted by Crippen LogP contribution is -2.27. The molecule has 0 spiro atoms. The number of amides is 1. The second-order valence-corrected chi connectivity index (χ2v) is 7.68. The highest BCUT2D eigenvalue weighted by molar-refractivity contribution is 8.26. The molecule has 1 aliphatic rings. The standard InChI is InChI=1S/C18H17ClN2OS2/c1-4-20-17(22)16(24-18(20)23)10-13-9-11(2)21(12(13)3)15-7-5-14(19)6-8-15/h5-10H,4H2,1-3H3. The maximum absolute atomic E-state index is 12.4. The van der Waals surface area contributed by atoms with E-state index in [9.17, 15) is 4.79 Å². The fourth-order valence-corrected chi connectivity index (χ4v) is 4.34. The van der Waals surface area contributed by atoms with Gasteiger partial charge in [-0.05, 0) is 62.7 Å². The van der Waals surface area contributed by atoms with Crippen molar-refractivity contribution in [1.29, 1.82) is 0 Å². The van der Waals surface area contributed by atoms with Crippen LogP contribution in [0.1, 0.15) is 23.9 Å². The van der Waals surface area contributed by atoms with E-state index in [2.05, 4.69) is 17.6 Å². The smallest absolute Gasteiger partial charge is 0.266 e. The average molecular weight is 377 g/mol. The third-order valence-corrected chi connectivity index (χ3v) is 5.66. The molecular weight excluding hydrogens is 360 g/mol. The zero-order chi connectivity index (χ0) is 17.4. The summed E-state index contributed by atoms with van der Waals surface area (Å²) in [6.45, 7) is 6.64. The highest BCUT2D eigenvalue weighted by Crippen LogP contribution is 2.33. The van der Waals surface area contributed by atoms with Gasteiger partial charge in [-0.2, -0.15) is 0 Å². The molecule has 0 saturated carbocycles. The number of hydrogen-bond acceptors (Lipinski definition) is 3. The minimum atomic E-state index is -0.0104. The molecule has 1 saturated heterocycles. The van der Waals surface area contributed by atoms with Gasteiger partial charge in [-0.3, -0.25) is 9.69 Å². The number of benzene rings is 1. The monoisotopic (exact) mass is 376 g/mol. The first kappa shape index (κ1) is 17.3. The molecule has 0 bridgehead atoms. The summed E-state index contributed by atoms with van der Waals surface area (Å²) in [7, 11) is 0. The Morgan fingerprint density at radius 3 is 2.50 bits per heavy atom. The molecule has 1 aliphatic heterocycles. The van der Waals surface area contributed by atoms with Crippen LogP contribution in [0.25, 0.3) is 11.8 Å². The Bertz CT molecular complexity index is 853. The van der Waals surface area contributed by atoms with Gasteiger partial charge in [-0.15, -0.1) is 0 Å². The Morgan fingerprint density at radius 2 is 1.92 bits per heavy atom. The highest BCUT2D eigenvalue weighted by Gasteiger charge is 2.30. The Kier molecular flexibility index (Phi) is 4.85. The van der Waals surface area contributed by atoms with Crippen molar-refractivity contribution in [1.82, 2.24) is 9.47 Å². The summed E-state index contributed by atoms with van der Waals surface area (Å²) in [5, 5.41) is 0.713. The molecule has 3 rings (SSSR count). The number of rotatable bonds is 3. The third kappa shape index (κ3) is 3.04. The number of carbonyl (C=O) groups is 1. The zero-order valence-corrected chi connectivity index (χ0v) is 16.1. The Morgan fingerprint density at radius 1 is 1.25 bits per heavy atom. The fourth-order valence-electron chi connectivity index (χ4n) is 2.84. The van der Waals surface area contributed by atoms with Crippen LogP contribution in [-0.4, -0.2) is 26.2 Å². The second-order valence-electron chi connectivity index (χ2n) is 5.56. The van der Waals surface area contributed by atoms with E-state index in [-0.39, 0.29) is 5.91 Å². The van der Waals surface area contributed by atoms with Crippen molar-refractivity contribution < 1.29 is 4.79 Å². The molecule has 3 nitrogen and oxygen atoms in total. The van der Waals surface area contributed by atoms with Gasteiger partial charge in [0.25, 0.3) is 5.91 Å². The summed E-state index contributed by atoms with van der Waals surface area (Å²) >= 11 is 12.6. The van der Waals surface area contributed by atoms with E-state index in [1.807, 2.05) is 44.2 Å². The normalized spacial score (nSPS) is 16.5. The van der Waals surface area contributed by atoms with E-state index < -0.39 is 0 Å². The van der Waals surface area contributed by atoms with Gasteiger partial charge in [0.2, 0.25) is 0 Å². The minimum Gasteiger partial charge on any atom is -0.318 e. The van der Waals surface area contributed by atoms with Crippen molar-refractivity contribution in [3.63, 3.8) is 0 Å². The first-order valence-corrected chi connectivity index (χ1v) is 9.23. The number of halogens is 1. The molecule has 124 valence electrons. The molecule has 0 N–H and O–H groups in total. The predicted molar refractivity (Wildman–Crippen MR) is 106 cm³/mol. The lowest BCUT2D eigenvalue weighted by atomic mass is 10.2. The first-order valence-electron chi connectivity index (χ1n) is 7.62. The lowest BCUT2D eigenvalue weighted by molar-refractivity contribution is -0.121. The van der Waals surface area contributed by atoms with Gasteiger partial charge in [-0.25, -0.2) is 0 Å². The summed E-state index contributed by atoms with van der Waals surface area (Å²) in [5.74, 6) is -0.0104. The number of aryl methyl sites for hydroxylation is 1. The van der Waals surface area contributed by atoms with Gasteiger partial charge in [0.05, 0.1) is 4.91 Å². The Balaban J connectivity index is 2.01. The number of thioether (sulfide) groups is 1. The molecule has 0 unspecified atom stereocenters. The molecule has 1 amide bonds. The number of aromatic nitrogens is 1. The van der Waals surface area contributed by atoms with Crippen molar-refractivity contribution in [2.75, 3.05) is 6.54 Å². The second kappa shape index (κ2) is 6.75. The number of hydrogen-bond donors (Lipinski definition) is 0. The quantitative estimate of drug-likeness (QED) is 0.558. The van der Waals surface area contributed by atoms with Gasteiger partial charge in [0.1, 0.15) is 4.32 Å². The minimum absolute atomic E-state index is 0.0104. The summed E-state index contributed by atoms with van der Waals surface area (Å²) in [6.07, 6.45) is 1.93. The van der Waals surface area contributed by atoms with Crippen LogP contribution in [0.4, 0.5) is 0 Å². The third-order valence-electron chi connectivity index (χ3n) is 4.03. The molecule has 0 radical (unpaired) electrons. The van der Waals surface area contributed by atoms with Crippen LogP contribution in [0.3, 0.4) is 0 Å². The van der Waals surface area contributed by atoms with E-state index in [0.29, 0.717) is 20.8 Å². The molecule has 1 fully saturated rings. The molecule has 24 heavy (non-hydrogen) atoms. The molecule has 0 atom stereocenters. The summed E-state index contributed by atoms with van der Waals surface area (Å²) < 4.78 is 2.78. The van der Waals surface area contributed by atoms with Crippen LogP contribution >= 0.6 is 35.6 Å². The van der Waals surface area contributed by atoms with Gasteiger partial charge >= 0.3 is 0 Å². The van der Waals surface area contributed by atoms with E-state index in [1.165, 1.54) is 11.8 Å². The van der Waals surface area contributed by atoms with E-state index in [4.69, 9.17) is 23.8 Å². The summed E-state index contributed by atoms with van der Waals surface area (Å²) in [5.41, 5.74) is 4.26. The maximum Gasteiger partial charge on any atom is 0.266 e. The van der Waals surface area contributed by atoms with Crippen molar-refractivity contribution >= 4 is 51.9 Å². The molecule has 2 aromatic rings. The summed E-state index contributed by atoms with van der Waals surface area (Å²) in [6, 6.07) is 9.82.